The number of halogens is 1. The lowest BCUT2D eigenvalue weighted by Crippen LogP contribution is -2.66. The van der Waals surface area contributed by atoms with E-state index in [4.69, 9.17) is 4.74 Å². The highest BCUT2D eigenvalue weighted by Crippen LogP contribution is 2.34. The number of hydrogen-bond acceptors (Lipinski definition) is 3. The van der Waals surface area contributed by atoms with Crippen molar-refractivity contribution in [2.75, 3.05) is 31.1 Å². The quantitative estimate of drug-likeness (QED) is 0.471. The molecule has 5 nitrogen and oxygen atoms in total. The number of amides is 1. The van der Waals surface area contributed by atoms with Crippen molar-refractivity contribution in [1.82, 2.24) is 0 Å². The third-order valence-electron chi connectivity index (χ3n) is 7.19. The third kappa shape index (κ3) is 5.11. The van der Waals surface area contributed by atoms with Crippen LogP contribution >= 0.6 is 0 Å². The SMILES string of the molecule is Cc1cc(F)cc(C)c1N1CCCC([N+]2(CC(=O)OCc3ccccc3)CCCCC2)C1=O. The highest BCUT2D eigenvalue weighted by Gasteiger charge is 2.48. The first-order chi connectivity index (χ1) is 15.9. The van der Waals surface area contributed by atoms with Gasteiger partial charge in [-0.05, 0) is 68.4 Å². The number of carbonyl (C=O) groups excluding carboxylic acids is 2. The minimum absolute atomic E-state index is 0.0526. The lowest BCUT2D eigenvalue weighted by atomic mass is 9.94. The van der Waals surface area contributed by atoms with Crippen molar-refractivity contribution in [2.24, 2.45) is 0 Å². The number of piperidine rings is 2. The van der Waals surface area contributed by atoms with E-state index in [1.54, 1.807) is 0 Å². The van der Waals surface area contributed by atoms with E-state index in [1.807, 2.05) is 49.1 Å². The lowest BCUT2D eigenvalue weighted by molar-refractivity contribution is -0.940. The lowest BCUT2D eigenvalue weighted by Gasteiger charge is -2.48. The van der Waals surface area contributed by atoms with E-state index in [9.17, 15) is 14.0 Å². The number of esters is 1. The molecule has 176 valence electrons. The summed E-state index contributed by atoms with van der Waals surface area (Å²) in [6.07, 6.45) is 4.76. The molecule has 2 fully saturated rings. The number of benzene rings is 2. The Morgan fingerprint density at radius 2 is 1.73 bits per heavy atom. The van der Waals surface area contributed by atoms with Crippen LogP contribution < -0.4 is 4.90 Å². The van der Waals surface area contributed by atoms with E-state index < -0.39 is 0 Å². The summed E-state index contributed by atoms with van der Waals surface area (Å²) < 4.78 is 20.0. The van der Waals surface area contributed by atoms with Crippen molar-refractivity contribution in [3.63, 3.8) is 0 Å². The van der Waals surface area contributed by atoms with Crippen LogP contribution in [0.2, 0.25) is 0 Å². The number of anilines is 1. The summed E-state index contributed by atoms with van der Waals surface area (Å²) in [6, 6.07) is 12.4. The van der Waals surface area contributed by atoms with Gasteiger partial charge in [0, 0.05) is 18.7 Å². The molecular weight excluding hydrogens is 419 g/mol. The van der Waals surface area contributed by atoms with E-state index in [2.05, 4.69) is 0 Å². The van der Waals surface area contributed by atoms with E-state index >= 15 is 0 Å². The second kappa shape index (κ2) is 10.0. The maximum absolute atomic E-state index is 13.9. The first kappa shape index (κ1) is 23.4. The molecule has 0 bridgehead atoms. The zero-order valence-electron chi connectivity index (χ0n) is 19.7. The second-order valence-electron chi connectivity index (χ2n) is 9.57. The van der Waals surface area contributed by atoms with Crippen molar-refractivity contribution in [2.45, 2.75) is 58.6 Å². The Balaban J connectivity index is 1.55. The van der Waals surface area contributed by atoms with E-state index in [0.717, 1.165) is 67.6 Å². The van der Waals surface area contributed by atoms with Crippen molar-refractivity contribution in [1.29, 1.82) is 0 Å². The van der Waals surface area contributed by atoms with Gasteiger partial charge in [-0.3, -0.25) is 4.79 Å². The first-order valence-electron chi connectivity index (χ1n) is 12.0. The maximum Gasteiger partial charge on any atom is 0.362 e. The molecule has 0 N–H and O–H groups in total. The minimum Gasteiger partial charge on any atom is -0.457 e. The monoisotopic (exact) mass is 453 g/mol. The van der Waals surface area contributed by atoms with Crippen LogP contribution in [0.3, 0.4) is 0 Å². The first-order valence-corrected chi connectivity index (χ1v) is 12.0. The molecule has 0 spiro atoms. The average molecular weight is 454 g/mol. The van der Waals surface area contributed by atoms with Crippen LogP contribution in [-0.2, 0) is 20.9 Å². The fourth-order valence-electron chi connectivity index (χ4n) is 5.68. The second-order valence-corrected chi connectivity index (χ2v) is 9.57. The van der Waals surface area contributed by atoms with Gasteiger partial charge in [0.25, 0.3) is 5.91 Å². The average Bonchev–Trinajstić information content (AvgIpc) is 2.79. The fraction of sp³-hybridized carbons (Fsp3) is 0.481. The third-order valence-corrected chi connectivity index (χ3v) is 7.19. The van der Waals surface area contributed by atoms with E-state index in [-0.39, 0.29) is 36.9 Å². The van der Waals surface area contributed by atoms with Gasteiger partial charge in [0.2, 0.25) is 0 Å². The van der Waals surface area contributed by atoms with Crippen molar-refractivity contribution >= 4 is 17.6 Å². The molecule has 1 amide bonds. The van der Waals surface area contributed by atoms with E-state index in [0.29, 0.717) is 11.0 Å². The van der Waals surface area contributed by atoms with Gasteiger partial charge in [-0.25, -0.2) is 9.18 Å². The van der Waals surface area contributed by atoms with Gasteiger partial charge < -0.3 is 14.1 Å². The summed E-state index contributed by atoms with van der Waals surface area (Å²) in [5.74, 6) is -0.480. The normalized spacial score (nSPS) is 20.5. The Hall–Kier alpha value is -2.73. The van der Waals surface area contributed by atoms with Crippen LogP contribution in [0.15, 0.2) is 42.5 Å². The van der Waals surface area contributed by atoms with Crippen molar-refractivity contribution < 1.29 is 23.2 Å². The number of aryl methyl sites for hydroxylation is 2. The summed E-state index contributed by atoms with van der Waals surface area (Å²) in [5.41, 5.74) is 3.31. The molecule has 6 heteroatoms. The number of rotatable bonds is 6. The number of quaternary nitrogens is 1. The van der Waals surface area contributed by atoms with Gasteiger partial charge in [-0.2, -0.15) is 0 Å². The number of hydrogen-bond donors (Lipinski definition) is 0. The molecular formula is C27H34FN2O3+. The molecule has 2 saturated heterocycles. The summed E-state index contributed by atoms with van der Waals surface area (Å²) in [6.45, 7) is 6.43. The standard InChI is InChI=1S/C27H34FN2O3/c1-20-16-23(28)17-21(2)26(20)29-13-9-12-24(27(29)32)30(14-7-4-8-15-30)18-25(31)33-19-22-10-5-3-6-11-22/h3,5-6,10-11,16-17,24H,4,7-9,12-15,18-19H2,1-2H3/q+1. The Morgan fingerprint density at radius 3 is 2.39 bits per heavy atom. The molecule has 4 rings (SSSR count). The Kier molecular flexibility index (Phi) is 7.13. The van der Waals surface area contributed by atoms with Crippen LogP contribution in [0, 0.1) is 19.7 Å². The van der Waals surface area contributed by atoms with Gasteiger partial charge >= 0.3 is 5.97 Å². The molecule has 0 aromatic heterocycles. The number of carbonyl (C=O) groups is 2. The zero-order chi connectivity index (χ0) is 23.4. The number of likely N-dealkylation sites (tertiary alicyclic amines) is 1. The van der Waals surface area contributed by atoms with Gasteiger partial charge in [0.1, 0.15) is 12.4 Å². The summed E-state index contributed by atoms with van der Waals surface area (Å²) in [5, 5.41) is 0. The van der Waals surface area contributed by atoms with Crippen LogP contribution in [-0.4, -0.2) is 48.6 Å². The Labute approximate surface area is 195 Å². The number of ether oxygens (including phenoxy) is 1. The topological polar surface area (TPSA) is 46.6 Å². The smallest absolute Gasteiger partial charge is 0.362 e. The van der Waals surface area contributed by atoms with E-state index in [1.165, 1.54) is 12.1 Å². The summed E-state index contributed by atoms with van der Waals surface area (Å²) >= 11 is 0. The van der Waals surface area contributed by atoms with Crippen LogP contribution in [0.4, 0.5) is 10.1 Å². The summed E-state index contributed by atoms with van der Waals surface area (Å²) in [7, 11) is 0. The highest BCUT2D eigenvalue weighted by atomic mass is 19.1. The molecule has 1 atom stereocenters. The van der Waals surface area contributed by atoms with Crippen molar-refractivity contribution in [3.8, 4) is 0 Å². The van der Waals surface area contributed by atoms with Crippen LogP contribution in [0.1, 0.15) is 48.8 Å². The predicted octanol–water partition coefficient (Wildman–Crippen LogP) is 4.68. The molecule has 0 radical (unpaired) electrons. The van der Waals surface area contributed by atoms with Gasteiger partial charge in [-0.1, -0.05) is 30.3 Å². The van der Waals surface area contributed by atoms with Gasteiger partial charge in [-0.15, -0.1) is 0 Å². The Bertz CT molecular complexity index is 979. The van der Waals surface area contributed by atoms with Gasteiger partial charge in [0.15, 0.2) is 12.6 Å². The van der Waals surface area contributed by atoms with Gasteiger partial charge in [0.05, 0.1) is 13.1 Å². The molecule has 2 aliphatic heterocycles. The van der Waals surface area contributed by atoms with Crippen LogP contribution in [0.5, 0.6) is 0 Å². The number of nitrogens with zero attached hydrogens (tertiary/aromatic N) is 2. The summed E-state index contributed by atoms with van der Waals surface area (Å²) in [4.78, 5) is 28.6. The molecule has 33 heavy (non-hydrogen) atoms. The highest BCUT2D eigenvalue weighted by molar-refractivity contribution is 5.98. The minimum atomic E-state index is -0.282. The molecule has 2 aromatic carbocycles. The maximum atomic E-state index is 13.9. The molecule has 0 saturated carbocycles. The predicted molar refractivity (Wildman–Crippen MR) is 126 cm³/mol. The molecule has 2 heterocycles. The van der Waals surface area contributed by atoms with Crippen molar-refractivity contribution in [3.05, 3.63) is 65.0 Å². The molecule has 1 unspecified atom stereocenters. The molecule has 0 aliphatic carbocycles. The molecule has 2 aromatic rings. The zero-order valence-corrected chi connectivity index (χ0v) is 19.7. The fourth-order valence-corrected chi connectivity index (χ4v) is 5.68. The Morgan fingerprint density at radius 1 is 1.06 bits per heavy atom. The molecule has 2 aliphatic rings. The largest absolute Gasteiger partial charge is 0.457 e. The van der Waals surface area contributed by atoms with Crippen LogP contribution in [0.25, 0.3) is 0 Å².